The third-order valence-corrected chi connectivity index (χ3v) is 9.48. The predicted molar refractivity (Wildman–Crippen MR) is 97.4 cm³/mol. The van der Waals surface area contributed by atoms with Gasteiger partial charge in [0, 0.05) is 13.5 Å². The van der Waals surface area contributed by atoms with E-state index in [1.807, 2.05) is 0 Å². The first-order valence-corrected chi connectivity index (χ1v) is 10.8. The van der Waals surface area contributed by atoms with E-state index in [2.05, 4.69) is 6.92 Å². The summed E-state index contributed by atoms with van der Waals surface area (Å²) in [7, 11) is 0. The molecule has 0 radical (unpaired) electrons. The highest BCUT2D eigenvalue weighted by Crippen LogP contribution is 2.72. The molecule has 0 aromatic heterocycles. The van der Waals surface area contributed by atoms with Gasteiger partial charge in [-0.2, -0.15) is 0 Å². The molecule has 8 atom stereocenters. The molecule has 0 amide bonds. The Balaban J connectivity index is 1.42. The van der Waals surface area contributed by atoms with Crippen LogP contribution >= 0.6 is 0 Å². The molecule has 3 unspecified atom stereocenters. The number of carbonyl (C=O) groups is 1. The van der Waals surface area contributed by atoms with Gasteiger partial charge in [-0.25, -0.2) is 0 Å². The van der Waals surface area contributed by atoms with E-state index < -0.39 is 5.60 Å². The van der Waals surface area contributed by atoms with E-state index in [9.17, 15) is 9.90 Å². The van der Waals surface area contributed by atoms with Crippen LogP contribution in [-0.4, -0.2) is 36.0 Å². The van der Waals surface area contributed by atoms with Gasteiger partial charge < -0.3 is 14.6 Å². The summed E-state index contributed by atoms with van der Waals surface area (Å²) in [5.41, 5.74) is -0.114. The monoisotopic (exact) mass is 362 g/mol. The zero-order chi connectivity index (χ0) is 18.2. The van der Waals surface area contributed by atoms with Gasteiger partial charge in [0.2, 0.25) is 0 Å². The molecule has 4 nitrogen and oxygen atoms in total. The van der Waals surface area contributed by atoms with Gasteiger partial charge in [0.25, 0.3) is 0 Å². The lowest BCUT2D eigenvalue weighted by molar-refractivity contribution is -0.152. The zero-order valence-corrected chi connectivity index (χ0v) is 16.3. The fourth-order valence-electron chi connectivity index (χ4n) is 8.58. The Morgan fingerprint density at radius 1 is 1.19 bits per heavy atom. The van der Waals surface area contributed by atoms with Crippen LogP contribution in [0.25, 0.3) is 0 Å². The topological polar surface area (TPSA) is 55.8 Å². The number of rotatable bonds is 2. The Morgan fingerprint density at radius 2 is 2.04 bits per heavy atom. The fourth-order valence-corrected chi connectivity index (χ4v) is 8.58. The number of esters is 1. The minimum absolute atomic E-state index is 0.195. The molecule has 5 aliphatic rings. The molecule has 0 aromatic rings. The van der Waals surface area contributed by atoms with Crippen molar-refractivity contribution in [2.75, 3.05) is 13.2 Å². The normalized spacial score (nSPS) is 55.0. The summed E-state index contributed by atoms with van der Waals surface area (Å²) < 4.78 is 11.3. The van der Waals surface area contributed by atoms with Crippen LogP contribution in [0.1, 0.15) is 71.6 Å². The molecule has 0 aromatic carbocycles. The number of hydrogen-bond acceptors (Lipinski definition) is 4. The van der Waals surface area contributed by atoms with Gasteiger partial charge in [-0.3, -0.25) is 4.79 Å². The molecule has 1 spiro atoms. The molecule has 1 saturated heterocycles. The van der Waals surface area contributed by atoms with E-state index >= 15 is 0 Å². The van der Waals surface area contributed by atoms with Crippen molar-refractivity contribution in [1.29, 1.82) is 0 Å². The molecule has 5 rings (SSSR count). The van der Waals surface area contributed by atoms with Crippen molar-refractivity contribution in [3.05, 3.63) is 0 Å². The number of carbonyl (C=O) groups excluding carboxylic acids is 1. The van der Waals surface area contributed by atoms with Gasteiger partial charge in [-0.15, -0.1) is 0 Å². The number of fused-ring (bicyclic) bond motifs is 5. The molecule has 1 heterocycles. The van der Waals surface area contributed by atoms with E-state index in [0.717, 1.165) is 43.6 Å². The van der Waals surface area contributed by atoms with Crippen LogP contribution < -0.4 is 0 Å². The lowest BCUT2D eigenvalue weighted by atomic mass is 9.43. The first-order valence-electron chi connectivity index (χ1n) is 10.8. The average Bonchev–Trinajstić information content (AvgIpc) is 3.14. The summed E-state index contributed by atoms with van der Waals surface area (Å²) in [5.74, 6) is 2.33. The summed E-state index contributed by atoms with van der Waals surface area (Å²) in [5, 5.41) is 11.4. The summed E-state index contributed by atoms with van der Waals surface area (Å²) in [6, 6.07) is 0. The maximum Gasteiger partial charge on any atom is 0.302 e. The smallest absolute Gasteiger partial charge is 0.302 e. The van der Waals surface area contributed by atoms with Crippen LogP contribution in [-0.2, 0) is 14.3 Å². The largest absolute Gasteiger partial charge is 0.463 e. The first kappa shape index (κ1) is 17.5. The third kappa shape index (κ3) is 2.30. The van der Waals surface area contributed by atoms with E-state index in [4.69, 9.17) is 9.47 Å². The highest BCUT2D eigenvalue weighted by atomic mass is 16.5. The van der Waals surface area contributed by atoms with Gasteiger partial charge in [0.05, 0.1) is 6.10 Å². The van der Waals surface area contributed by atoms with E-state index in [1.165, 1.54) is 45.4 Å². The molecule has 2 bridgehead atoms. The van der Waals surface area contributed by atoms with E-state index in [1.54, 1.807) is 0 Å². The quantitative estimate of drug-likeness (QED) is 0.761. The van der Waals surface area contributed by atoms with Crippen LogP contribution in [0.15, 0.2) is 0 Å². The molecule has 4 saturated carbocycles. The maximum atomic E-state index is 11.4. The van der Waals surface area contributed by atoms with Crippen molar-refractivity contribution >= 4 is 5.97 Å². The van der Waals surface area contributed by atoms with E-state index in [0.29, 0.717) is 17.4 Å². The van der Waals surface area contributed by atoms with Crippen molar-refractivity contribution in [3.8, 4) is 0 Å². The number of ether oxygens (including phenoxy) is 2. The van der Waals surface area contributed by atoms with Crippen molar-refractivity contribution in [2.24, 2.45) is 34.5 Å². The van der Waals surface area contributed by atoms with Gasteiger partial charge in [-0.1, -0.05) is 6.92 Å². The average molecular weight is 363 g/mol. The maximum absolute atomic E-state index is 11.4. The van der Waals surface area contributed by atoms with Crippen molar-refractivity contribution < 1.29 is 19.4 Å². The molecule has 1 N–H and O–H groups in total. The van der Waals surface area contributed by atoms with Gasteiger partial charge >= 0.3 is 5.97 Å². The van der Waals surface area contributed by atoms with Gasteiger partial charge in [0.15, 0.2) is 0 Å². The molecule has 5 fully saturated rings. The second-order valence-electron chi connectivity index (χ2n) is 10.5. The first-order chi connectivity index (χ1) is 12.4. The van der Waals surface area contributed by atoms with Crippen LogP contribution in [0.5, 0.6) is 0 Å². The zero-order valence-electron chi connectivity index (χ0n) is 16.3. The molecule has 1 aliphatic heterocycles. The fraction of sp³-hybridized carbons (Fsp3) is 0.955. The Labute approximate surface area is 157 Å². The Hall–Kier alpha value is -0.610. The molecule has 26 heavy (non-hydrogen) atoms. The molecular weight excluding hydrogens is 328 g/mol. The number of hydrogen-bond donors (Lipinski definition) is 1. The second kappa shape index (κ2) is 5.70. The Kier molecular flexibility index (Phi) is 3.83. The van der Waals surface area contributed by atoms with Crippen LogP contribution in [0.3, 0.4) is 0 Å². The summed E-state index contributed by atoms with van der Waals surface area (Å²) >= 11 is 0. The van der Waals surface area contributed by atoms with Crippen LogP contribution in [0.4, 0.5) is 0 Å². The number of aliphatic hydroxyl groups is 1. The minimum Gasteiger partial charge on any atom is -0.463 e. The van der Waals surface area contributed by atoms with Gasteiger partial charge in [-0.05, 0) is 92.3 Å². The second-order valence-corrected chi connectivity index (χ2v) is 10.5. The lowest BCUT2D eigenvalue weighted by Gasteiger charge is -2.62. The summed E-state index contributed by atoms with van der Waals surface area (Å²) in [6.07, 6.45) is 11.2. The molecule has 4 heteroatoms. The van der Waals surface area contributed by atoms with Crippen molar-refractivity contribution in [2.45, 2.75) is 83.3 Å². The predicted octanol–water partition coefficient (Wildman–Crippen LogP) is 3.70. The van der Waals surface area contributed by atoms with E-state index in [-0.39, 0.29) is 18.0 Å². The van der Waals surface area contributed by atoms with Crippen molar-refractivity contribution in [1.82, 2.24) is 0 Å². The minimum atomic E-state index is -0.794. The lowest BCUT2D eigenvalue weighted by Crippen LogP contribution is -2.55. The molecular formula is C22H34O4. The summed E-state index contributed by atoms with van der Waals surface area (Å²) in [6.45, 7) is 5.17. The van der Waals surface area contributed by atoms with Crippen LogP contribution in [0, 0.1) is 34.5 Å². The van der Waals surface area contributed by atoms with Crippen molar-refractivity contribution in [3.63, 3.8) is 0 Å². The Bertz CT molecular complexity index is 605. The highest BCUT2D eigenvalue weighted by Gasteiger charge is 2.67. The highest BCUT2D eigenvalue weighted by molar-refractivity contribution is 5.66. The molecule has 4 aliphatic carbocycles. The standard InChI is InChI=1S/C22H34O4/c1-14(23)26-13-22(24)12-21-9-5-17-16-7-10-25-18(16)6-8-20(17,2)19(21)4-3-15(22)11-21/h15-19,24H,3-13H2,1-2H3/t15?,16-,17?,18+,19?,20-,21+,22+/m1/s1. The Morgan fingerprint density at radius 3 is 2.85 bits per heavy atom. The van der Waals surface area contributed by atoms with Gasteiger partial charge in [0.1, 0.15) is 12.2 Å². The summed E-state index contributed by atoms with van der Waals surface area (Å²) in [4.78, 5) is 11.3. The SMILES string of the molecule is CC(=O)OC[C@@]1(O)C[C@@]23CCC4[C@H]5CCO[C@H]5CC[C@@]4(C)C2CCC1C3. The third-order valence-electron chi connectivity index (χ3n) is 9.48. The van der Waals surface area contributed by atoms with Crippen LogP contribution in [0.2, 0.25) is 0 Å². The molecule has 146 valence electrons.